The Labute approximate surface area is 135 Å². The number of thiophene rings is 1. The summed E-state index contributed by atoms with van der Waals surface area (Å²) >= 11 is 1.71. The summed E-state index contributed by atoms with van der Waals surface area (Å²) in [7, 11) is 1.97. The highest BCUT2D eigenvalue weighted by atomic mass is 32.1. The van der Waals surface area contributed by atoms with E-state index in [0.29, 0.717) is 0 Å². The third-order valence-electron chi connectivity index (χ3n) is 4.32. The summed E-state index contributed by atoms with van der Waals surface area (Å²) < 4.78 is 13.7. The number of hydrogen-bond acceptors (Lipinski definition) is 4. The fourth-order valence-corrected chi connectivity index (χ4v) is 3.99. The Morgan fingerprint density at radius 3 is 3.00 bits per heavy atom. The SMILES string of the molecule is CNCC[C@H](c1ccsc1)N1CC(C)(C)c2ncc(F)cc21. The number of fused-ring (bicyclic) bond motifs is 1. The molecule has 0 spiro atoms. The van der Waals surface area contributed by atoms with Gasteiger partial charge in [0.25, 0.3) is 0 Å². The topological polar surface area (TPSA) is 28.2 Å². The van der Waals surface area contributed by atoms with Crippen LogP contribution in [0.5, 0.6) is 0 Å². The lowest BCUT2D eigenvalue weighted by Crippen LogP contribution is -2.33. The van der Waals surface area contributed by atoms with E-state index in [0.717, 1.165) is 30.9 Å². The maximum Gasteiger partial charge on any atom is 0.143 e. The Morgan fingerprint density at radius 2 is 2.32 bits per heavy atom. The molecule has 0 aromatic carbocycles. The van der Waals surface area contributed by atoms with Gasteiger partial charge < -0.3 is 10.2 Å². The van der Waals surface area contributed by atoms with Gasteiger partial charge in [0, 0.05) is 18.0 Å². The van der Waals surface area contributed by atoms with Crippen molar-refractivity contribution >= 4 is 17.0 Å². The third kappa shape index (κ3) is 2.75. The van der Waals surface area contributed by atoms with Crippen LogP contribution in [0.15, 0.2) is 29.1 Å². The van der Waals surface area contributed by atoms with Gasteiger partial charge in [-0.15, -0.1) is 0 Å². The van der Waals surface area contributed by atoms with Gasteiger partial charge in [-0.25, -0.2) is 4.39 Å². The van der Waals surface area contributed by atoms with Gasteiger partial charge in [-0.3, -0.25) is 4.98 Å². The molecule has 1 atom stereocenters. The van der Waals surface area contributed by atoms with Crippen molar-refractivity contribution in [2.75, 3.05) is 25.0 Å². The number of aromatic nitrogens is 1. The van der Waals surface area contributed by atoms with Crippen molar-refractivity contribution in [1.29, 1.82) is 0 Å². The maximum absolute atomic E-state index is 13.7. The van der Waals surface area contributed by atoms with E-state index in [4.69, 9.17) is 0 Å². The van der Waals surface area contributed by atoms with Crippen molar-refractivity contribution in [3.63, 3.8) is 0 Å². The van der Waals surface area contributed by atoms with Gasteiger partial charge >= 0.3 is 0 Å². The third-order valence-corrected chi connectivity index (χ3v) is 5.02. The van der Waals surface area contributed by atoms with E-state index in [-0.39, 0.29) is 17.3 Å². The predicted molar refractivity (Wildman–Crippen MR) is 90.2 cm³/mol. The zero-order valence-corrected chi connectivity index (χ0v) is 14.1. The van der Waals surface area contributed by atoms with Crippen molar-refractivity contribution in [3.8, 4) is 0 Å². The van der Waals surface area contributed by atoms with Crippen LogP contribution in [0.3, 0.4) is 0 Å². The minimum absolute atomic E-state index is 0.0586. The molecule has 0 bridgehead atoms. The van der Waals surface area contributed by atoms with Gasteiger partial charge in [-0.05, 0) is 42.4 Å². The molecule has 0 saturated heterocycles. The summed E-state index contributed by atoms with van der Waals surface area (Å²) in [4.78, 5) is 6.70. The van der Waals surface area contributed by atoms with Crippen molar-refractivity contribution < 1.29 is 4.39 Å². The lowest BCUT2D eigenvalue weighted by atomic mass is 9.91. The first-order chi connectivity index (χ1) is 10.5. The average Bonchev–Trinajstić information content (AvgIpc) is 3.07. The molecule has 0 unspecified atom stereocenters. The molecule has 1 aliphatic heterocycles. The normalized spacial score (nSPS) is 17.5. The zero-order chi connectivity index (χ0) is 15.7. The van der Waals surface area contributed by atoms with Crippen molar-refractivity contribution in [2.24, 2.45) is 0 Å². The molecule has 2 aromatic heterocycles. The van der Waals surface area contributed by atoms with E-state index < -0.39 is 0 Å². The lowest BCUT2D eigenvalue weighted by molar-refractivity contribution is 0.491. The first-order valence-electron chi connectivity index (χ1n) is 7.62. The lowest BCUT2D eigenvalue weighted by Gasteiger charge is -2.31. The Hall–Kier alpha value is -1.46. The van der Waals surface area contributed by atoms with Crippen LogP contribution in [0.1, 0.15) is 37.6 Å². The number of hydrogen-bond donors (Lipinski definition) is 1. The van der Waals surface area contributed by atoms with E-state index in [1.165, 1.54) is 11.8 Å². The zero-order valence-electron chi connectivity index (χ0n) is 13.3. The molecule has 1 N–H and O–H groups in total. The molecular weight excluding hydrogens is 297 g/mol. The van der Waals surface area contributed by atoms with Gasteiger partial charge in [-0.2, -0.15) is 11.3 Å². The fraction of sp³-hybridized carbons (Fsp3) is 0.471. The first kappa shape index (κ1) is 15.4. The van der Waals surface area contributed by atoms with Gasteiger partial charge in [-0.1, -0.05) is 13.8 Å². The summed E-state index contributed by atoms with van der Waals surface area (Å²) in [5, 5.41) is 7.52. The number of rotatable bonds is 5. The molecule has 0 fully saturated rings. The molecule has 22 heavy (non-hydrogen) atoms. The average molecular weight is 319 g/mol. The van der Waals surface area contributed by atoms with E-state index in [2.05, 4.69) is 45.9 Å². The van der Waals surface area contributed by atoms with Crippen molar-refractivity contribution in [3.05, 3.63) is 46.2 Å². The van der Waals surface area contributed by atoms with Gasteiger partial charge in [0.05, 0.1) is 23.6 Å². The number of anilines is 1. The van der Waals surface area contributed by atoms with Gasteiger partial charge in [0.15, 0.2) is 0 Å². The number of nitrogens with one attached hydrogen (secondary N) is 1. The summed E-state index contributed by atoms with van der Waals surface area (Å²) in [6.07, 6.45) is 2.32. The van der Waals surface area contributed by atoms with E-state index in [1.807, 2.05) is 7.05 Å². The molecule has 3 heterocycles. The van der Waals surface area contributed by atoms with Crippen LogP contribution in [0.2, 0.25) is 0 Å². The Morgan fingerprint density at radius 1 is 1.50 bits per heavy atom. The van der Waals surface area contributed by atoms with Crippen LogP contribution < -0.4 is 10.2 Å². The van der Waals surface area contributed by atoms with Crippen LogP contribution >= 0.6 is 11.3 Å². The second kappa shape index (κ2) is 5.97. The van der Waals surface area contributed by atoms with Crippen LogP contribution in [0.4, 0.5) is 10.1 Å². The molecule has 5 heteroatoms. The highest BCUT2D eigenvalue weighted by Crippen LogP contribution is 2.44. The predicted octanol–water partition coefficient (Wildman–Crippen LogP) is 3.73. The summed E-state index contributed by atoms with van der Waals surface area (Å²) in [6, 6.07) is 4.06. The second-order valence-corrected chi connectivity index (χ2v) is 7.28. The molecule has 0 radical (unpaired) electrons. The number of pyridine rings is 1. The van der Waals surface area contributed by atoms with Crippen molar-refractivity contribution in [2.45, 2.75) is 31.7 Å². The largest absolute Gasteiger partial charge is 0.362 e. The first-order valence-corrected chi connectivity index (χ1v) is 8.56. The molecule has 0 amide bonds. The van der Waals surface area contributed by atoms with Gasteiger partial charge in [0.1, 0.15) is 5.82 Å². The molecule has 2 aromatic rings. The standard InChI is InChI=1S/C17H22FN3S/c1-17(2)11-21(15-8-13(18)9-20-16(15)17)14(4-6-19-3)12-5-7-22-10-12/h5,7-10,14,19H,4,6,11H2,1-3H3/t14-/m1/s1. The van der Waals surface area contributed by atoms with Crippen LogP contribution in [0, 0.1) is 5.82 Å². The quantitative estimate of drug-likeness (QED) is 0.910. The maximum atomic E-state index is 13.7. The molecule has 3 rings (SSSR count). The van der Waals surface area contributed by atoms with Crippen LogP contribution in [-0.2, 0) is 5.41 Å². The smallest absolute Gasteiger partial charge is 0.143 e. The molecule has 0 aliphatic carbocycles. The Balaban J connectivity index is 2.01. The Bertz CT molecular complexity index is 639. The van der Waals surface area contributed by atoms with Gasteiger partial charge in [0.2, 0.25) is 0 Å². The monoisotopic (exact) mass is 319 g/mol. The summed E-state index contributed by atoms with van der Waals surface area (Å²) in [6.45, 7) is 6.15. The molecule has 3 nitrogen and oxygen atoms in total. The van der Waals surface area contributed by atoms with E-state index >= 15 is 0 Å². The van der Waals surface area contributed by atoms with E-state index in [1.54, 1.807) is 17.4 Å². The highest BCUT2D eigenvalue weighted by molar-refractivity contribution is 7.08. The molecule has 1 aliphatic rings. The minimum atomic E-state index is -0.265. The van der Waals surface area contributed by atoms with Crippen molar-refractivity contribution in [1.82, 2.24) is 10.3 Å². The molecule has 118 valence electrons. The number of halogens is 1. The minimum Gasteiger partial charge on any atom is -0.362 e. The van der Waals surface area contributed by atoms with Crippen LogP contribution in [0.25, 0.3) is 0 Å². The summed E-state index contributed by atoms with van der Waals surface area (Å²) in [5.74, 6) is -0.265. The van der Waals surface area contributed by atoms with E-state index in [9.17, 15) is 4.39 Å². The number of nitrogens with zero attached hydrogens (tertiary/aromatic N) is 2. The van der Waals surface area contributed by atoms with Crippen LogP contribution in [-0.4, -0.2) is 25.1 Å². The summed E-state index contributed by atoms with van der Waals surface area (Å²) in [5.41, 5.74) is 3.18. The highest BCUT2D eigenvalue weighted by Gasteiger charge is 2.40. The fourth-order valence-electron chi connectivity index (χ4n) is 3.28. The second-order valence-electron chi connectivity index (χ2n) is 6.50. The molecular formula is C17H22FN3S. The molecule has 0 saturated carbocycles. The Kier molecular flexibility index (Phi) is 4.19.